The van der Waals surface area contributed by atoms with Crippen molar-refractivity contribution in [3.05, 3.63) is 94.6 Å². The van der Waals surface area contributed by atoms with Crippen molar-refractivity contribution in [3.8, 4) is 23.5 Å². The molecule has 0 bridgehead atoms. The van der Waals surface area contributed by atoms with Gasteiger partial charge in [0.2, 0.25) is 0 Å². The first kappa shape index (κ1) is 25.8. The highest BCUT2D eigenvalue weighted by atomic mass is 16.5. The molecule has 38 heavy (non-hydrogen) atoms. The molecular formula is C34H36N2O2. The van der Waals surface area contributed by atoms with Gasteiger partial charge in [-0.25, -0.2) is 0 Å². The molecule has 0 aliphatic carbocycles. The summed E-state index contributed by atoms with van der Waals surface area (Å²) in [5.41, 5.74) is 9.70. The van der Waals surface area contributed by atoms with Crippen molar-refractivity contribution in [1.82, 2.24) is 4.90 Å². The quantitative estimate of drug-likeness (QED) is 0.398. The van der Waals surface area contributed by atoms with Gasteiger partial charge in [0.25, 0.3) is 5.91 Å². The summed E-state index contributed by atoms with van der Waals surface area (Å²) >= 11 is 0. The molecule has 194 valence electrons. The molecule has 0 atom stereocenters. The van der Waals surface area contributed by atoms with Gasteiger partial charge in [-0.1, -0.05) is 62.2 Å². The van der Waals surface area contributed by atoms with Crippen LogP contribution in [0.15, 0.2) is 66.7 Å². The van der Waals surface area contributed by atoms with Crippen LogP contribution in [-0.2, 0) is 10.2 Å². The van der Waals surface area contributed by atoms with Crippen LogP contribution in [-0.4, -0.2) is 44.7 Å². The minimum absolute atomic E-state index is 0.00642. The van der Waals surface area contributed by atoms with Gasteiger partial charge in [0.05, 0.1) is 0 Å². The van der Waals surface area contributed by atoms with Gasteiger partial charge in [0.1, 0.15) is 0 Å². The number of hydrogen-bond donors (Lipinski definition) is 1. The van der Waals surface area contributed by atoms with Crippen molar-refractivity contribution < 1.29 is 9.53 Å². The van der Waals surface area contributed by atoms with Gasteiger partial charge in [-0.2, -0.15) is 0 Å². The summed E-state index contributed by atoms with van der Waals surface area (Å²) in [4.78, 5) is 13.8. The summed E-state index contributed by atoms with van der Waals surface area (Å²) in [7, 11) is 3.54. The zero-order valence-electron chi connectivity index (χ0n) is 22.8. The van der Waals surface area contributed by atoms with Crippen LogP contribution >= 0.6 is 0 Å². The Labute approximate surface area is 226 Å². The number of terminal acetylenes is 1. The van der Waals surface area contributed by atoms with Crippen LogP contribution in [0.4, 0.5) is 5.69 Å². The van der Waals surface area contributed by atoms with E-state index in [1.54, 1.807) is 19.0 Å². The maximum Gasteiger partial charge on any atom is 0.253 e. The van der Waals surface area contributed by atoms with E-state index in [-0.39, 0.29) is 11.3 Å². The molecule has 1 amide bonds. The number of anilines is 1. The van der Waals surface area contributed by atoms with Crippen LogP contribution in [0.3, 0.4) is 0 Å². The predicted octanol–water partition coefficient (Wildman–Crippen LogP) is 6.60. The highest BCUT2D eigenvalue weighted by Gasteiger charge is 2.34. The van der Waals surface area contributed by atoms with Crippen LogP contribution in [0.25, 0.3) is 16.7 Å². The number of carbonyl (C=O) groups is 1. The third-order valence-corrected chi connectivity index (χ3v) is 8.20. The summed E-state index contributed by atoms with van der Waals surface area (Å²) in [6.45, 7) is 7.05. The minimum Gasteiger partial charge on any atom is -0.381 e. The second-order valence-electron chi connectivity index (χ2n) is 11.0. The van der Waals surface area contributed by atoms with E-state index in [0.717, 1.165) is 60.5 Å². The number of hydrogen-bond acceptors (Lipinski definition) is 3. The molecule has 0 saturated carbocycles. The van der Waals surface area contributed by atoms with Crippen LogP contribution in [0.2, 0.25) is 0 Å². The van der Waals surface area contributed by atoms with Crippen LogP contribution in [0.5, 0.6) is 0 Å². The normalized spacial score (nSPS) is 15.6. The van der Waals surface area contributed by atoms with Crippen molar-refractivity contribution in [2.75, 3.05) is 39.2 Å². The Balaban J connectivity index is 1.44. The topological polar surface area (TPSA) is 41.6 Å². The lowest BCUT2D eigenvalue weighted by molar-refractivity contribution is 0.0436. The predicted molar refractivity (Wildman–Crippen MR) is 156 cm³/mol. The fourth-order valence-corrected chi connectivity index (χ4v) is 5.85. The van der Waals surface area contributed by atoms with Crippen molar-refractivity contribution in [3.63, 3.8) is 0 Å². The molecule has 2 aliphatic rings. The number of ether oxygens (including phenoxy) is 1. The van der Waals surface area contributed by atoms with E-state index in [2.05, 4.69) is 67.6 Å². The van der Waals surface area contributed by atoms with Gasteiger partial charge in [0.15, 0.2) is 0 Å². The van der Waals surface area contributed by atoms with Gasteiger partial charge >= 0.3 is 0 Å². The number of nitrogens with one attached hydrogen (secondary N) is 1. The Hall–Kier alpha value is -3.81. The number of nitrogens with zero attached hydrogens (tertiary/aromatic N) is 1. The molecule has 2 heterocycles. The van der Waals surface area contributed by atoms with E-state index in [1.165, 1.54) is 16.7 Å². The number of amides is 1. The Morgan fingerprint density at radius 1 is 0.974 bits per heavy atom. The number of rotatable bonds is 5. The molecular weight excluding hydrogens is 468 g/mol. The summed E-state index contributed by atoms with van der Waals surface area (Å²) in [6.07, 6.45) is 10.4. The Morgan fingerprint density at radius 3 is 2.34 bits per heavy atom. The lowest BCUT2D eigenvalue weighted by atomic mass is 9.68. The fraction of sp³-hybridized carbons (Fsp3) is 0.324. The SMILES string of the molecule is C#Cc1cc(C2=CCNc3cc(-c4ccc(C(=O)N(C)C)cc4)ccc32)ccc1C(C)(C)C1CCOCC1. The largest absolute Gasteiger partial charge is 0.381 e. The van der Waals surface area contributed by atoms with Gasteiger partial charge in [-0.3, -0.25) is 4.79 Å². The van der Waals surface area contributed by atoms with Crippen LogP contribution in [0, 0.1) is 18.3 Å². The van der Waals surface area contributed by atoms with E-state index in [9.17, 15) is 4.79 Å². The molecule has 1 N–H and O–H groups in total. The van der Waals surface area contributed by atoms with Crippen molar-refractivity contribution in [2.45, 2.75) is 32.1 Å². The maximum absolute atomic E-state index is 12.2. The zero-order valence-corrected chi connectivity index (χ0v) is 22.8. The third kappa shape index (κ3) is 4.87. The van der Waals surface area contributed by atoms with E-state index in [1.807, 2.05) is 24.3 Å². The van der Waals surface area contributed by atoms with Gasteiger partial charge in [0, 0.05) is 56.2 Å². The molecule has 0 unspecified atom stereocenters. The number of fused-ring (bicyclic) bond motifs is 1. The Bertz CT molecular complexity index is 1420. The maximum atomic E-state index is 12.2. The molecule has 3 aromatic carbocycles. The van der Waals surface area contributed by atoms with Gasteiger partial charge < -0.3 is 15.0 Å². The first-order valence-electron chi connectivity index (χ1n) is 13.4. The lowest BCUT2D eigenvalue weighted by Gasteiger charge is -2.38. The lowest BCUT2D eigenvalue weighted by Crippen LogP contribution is -2.34. The Kier molecular flexibility index (Phi) is 7.15. The number of carbonyl (C=O) groups excluding carboxylic acids is 1. The molecule has 4 heteroatoms. The first-order chi connectivity index (χ1) is 18.3. The molecule has 0 radical (unpaired) electrons. The van der Waals surface area contributed by atoms with E-state index < -0.39 is 0 Å². The standard InChI is InChI=1S/C34H36N2O2/c1-6-23-21-27(12-14-31(23)34(2,3)28-16-19-38-20-17-28)29-15-18-35-32-22-26(11-13-30(29)32)24-7-9-25(10-8-24)33(37)36(4)5/h1,7-15,21-22,28,35H,16-20H2,2-5H3. The molecule has 0 spiro atoms. The van der Waals surface area contributed by atoms with Crippen LogP contribution in [0.1, 0.15) is 59.3 Å². The molecule has 3 aromatic rings. The summed E-state index contributed by atoms with van der Waals surface area (Å²) in [6, 6.07) is 21.0. The minimum atomic E-state index is -0.00791. The van der Waals surface area contributed by atoms with Crippen molar-refractivity contribution >= 4 is 17.2 Å². The Morgan fingerprint density at radius 2 is 1.66 bits per heavy atom. The molecule has 1 saturated heterocycles. The third-order valence-electron chi connectivity index (χ3n) is 8.20. The fourth-order valence-electron chi connectivity index (χ4n) is 5.85. The zero-order chi connectivity index (χ0) is 26.9. The molecule has 4 nitrogen and oxygen atoms in total. The van der Waals surface area contributed by atoms with Gasteiger partial charge in [-0.15, -0.1) is 6.42 Å². The molecule has 1 fully saturated rings. The van der Waals surface area contributed by atoms with Crippen molar-refractivity contribution in [2.24, 2.45) is 5.92 Å². The van der Waals surface area contributed by atoms with E-state index in [4.69, 9.17) is 11.2 Å². The first-order valence-corrected chi connectivity index (χ1v) is 13.4. The summed E-state index contributed by atoms with van der Waals surface area (Å²) in [5, 5.41) is 3.53. The van der Waals surface area contributed by atoms with Crippen molar-refractivity contribution in [1.29, 1.82) is 0 Å². The summed E-state index contributed by atoms with van der Waals surface area (Å²) in [5.74, 6) is 3.56. The van der Waals surface area contributed by atoms with E-state index >= 15 is 0 Å². The second-order valence-corrected chi connectivity index (χ2v) is 11.0. The molecule has 2 aliphatic heterocycles. The second kappa shape index (κ2) is 10.5. The monoisotopic (exact) mass is 504 g/mol. The highest BCUT2D eigenvalue weighted by Crippen LogP contribution is 2.41. The average Bonchev–Trinajstić information content (AvgIpc) is 2.96. The number of benzene rings is 3. The summed E-state index contributed by atoms with van der Waals surface area (Å²) < 4.78 is 5.61. The smallest absolute Gasteiger partial charge is 0.253 e. The van der Waals surface area contributed by atoms with Crippen LogP contribution < -0.4 is 5.32 Å². The average molecular weight is 505 g/mol. The van der Waals surface area contributed by atoms with Gasteiger partial charge in [-0.05, 0) is 76.3 Å². The molecule has 5 rings (SSSR count). The van der Waals surface area contributed by atoms with E-state index in [0.29, 0.717) is 11.5 Å². The molecule has 0 aromatic heterocycles. The highest BCUT2D eigenvalue weighted by molar-refractivity contribution is 5.95.